The molecule has 0 rings (SSSR count). The van der Waals surface area contributed by atoms with E-state index < -0.39 is 11.9 Å². The second-order valence-electron chi connectivity index (χ2n) is 2.04. The Morgan fingerprint density at radius 2 is 0.800 bits per heavy atom. The topological polar surface area (TPSA) is 106 Å². The first-order valence-electron chi connectivity index (χ1n) is 3.86. The fourth-order valence-corrected chi connectivity index (χ4v) is 0. The van der Waals surface area contributed by atoms with E-state index in [2.05, 4.69) is 19.8 Å². The van der Waals surface area contributed by atoms with E-state index >= 15 is 0 Å². The Morgan fingerprint density at radius 1 is 0.800 bits per heavy atom. The summed E-state index contributed by atoms with van der Waals surface area (Å²) in [6.07, 6.45) is 0. The molecule has 0 aromatic heterocycles. The summed E-state index contributed by atoms with van der Waals surface area (Å²) in [7, 11) is 0. The zero-order valence-corrected chi connectivity index (χ0v) is 15.9. The third kappa shape index (κ3) is 9150. The van der Waals surface area contributed by atoms with Gasteiger partial charge in [-0.05, 0) is 0 Å². The summed E-state index contributed by atoms with van der Waals surface area (Å²) in [4.78, 5) is 27.2. The van der Waals surface area contributed by atoms with Gasteiger partial charge >= 0.3 is 62.0 Å². The molecule has 5 nitrogen and oxygen atoms in total. The van der Waals surface area contributed by atoms with Crippen molar-refractivity contribution in [2.24, 2.45) is 0 Å². The number of carbonyl (C=O) groups is 2. The van der Waals surface area contributed by atoms with Gasteiger partial charge in [0.1, 0.15) is 0 Å². The van der Waals surface area contributed by atoms with Crippen LogP contribution in [0, 0.1) is 0 Å². The van der Waals surface area contributed by atoms with E-state index in [4.69, 9.17) is 19.8 Å². The first kappa shape index (κ1) is 29.6. The summed E-state index contributed by atoms with van der Waals surface area (Å²) in [6, 6.07) is 0. The SMILES string of the molecule is CC(=O)O.CC(=O)O.O.[CH3][Sn][CH3].[CH3][Sn][CH3]. The van der Waals surface area contributed by atoms with Crippen molar-refractivity contribution in [3.05, 3.63) is 0 Å². The predicted molar refractivity (Wildman–Crippen MR) is 65.2 cm³/mol. The zero-order valence-electron chi connectivity index (χ0n) is 10.2. The molecule has 7 heteroatoms. The van der Waals surface area contributed by atoms with Crippen LogP contribution in [0.2, 0.25) is 19.8 Å². The third-order valence-electron chi connectivity index (χ3n) is 0. The van der Waals surface area contributed by atoms with Crippen LogP contribution in [-0.4, -0.2) is 69.9 Å². The van der Waals surface area contributed by atoms with Gasteiger partial charge in [-0.25, -0.2) is 0 Å². The molecule has 4 radical (unpaired) electrons. The summed E-state index contributed by atoms with van der Waals surface area (Å²) >= 11 is 0.460. The van der Waals surface area contributed by atoms with Gasteiger partial charge in [-0.3, -0.25) is 9.59 Å². The molecule has 0 aromatic carbocycles. The Morgan fingerprint density at radius 3 is 0.800 bits per heavy atom. The maximum absolute atomic E-state index is 9.00. The van der Waals surface area contributed by atoms with Crippen LogP contribution in [0.1, 0.15) is 13.8 Å². The minimum atomic E-state index is -0.833. The van der Waals surface area contributed by atoms with E-state index in [1.54, 1.807) is 0 Å². The number of rotatable bonds is 0. The second kappa shape index (κ2) is 36.6. The quantitative estimate of drug-likeness (QED) is 0.552. The van der Waals surface area contributed by atoms with Crippen LogP contribution in [0.4, 0.5) is 0 Å². The van der Waals surface area contributed by atoms with Crippen molar-refractivity contribution in [1.82, 2.24) is 0 Å². The molecule has 0 unspecified atom stereocenters. The molecule has 0 aliphatic rings. The summed E-state index contributed by atoms with van der Waals surface area (Å²) in [6.45, 7) is 2.17. The molecule has 0 aromatic rings. The Kier molecular flexibility index (Phi) is 72.1. The van der Waals surface area contributed by atoms with Crippen molar-refractivity contribution in [3.8, 4) is 0 Å². The predicted octanol–water partition coefficient (Wildman–Crippen LogP) is 0.931. The maximum atomic E-state index is 9.00. The molecule has 0 saturated carbocycles. The van der Waals surface area contributed by atoms with Crippen LogP contribution in [0.5, 0.6) is 0 Å². The van der Waals surface area contributed by atoms with Gasteiger partial charge in [0.2, 0.25) is 0 Å². The average Bonchev–Trinajstić information content (AvgIpc) is 1.85. The molecule has 4 N–H and O–H groups in total. The fourth-order valence-electron chi connectivity index (χ4n) is 0. The number of carboxylic acid groups (broad SMARTS) is 2. The van der Waals surface area contributed by atoms with Gasteiger partial charge in [0.15, 0.2) is 0 Å². The zero-order chi connectivity index (χ0) is 12.6. The number of hydrogen-bond acceptors (Lipinski definition) is 2. The molecular formula is C8H22O5Sn2. The van der Waals surface area contributed by atoms with Gasteiger partial charge in [0, 0.05) is 13.8 Å². The fraction of sp³-hybridized carbons (Fsp3) is 0.750. The van der Waals surface area contributed by atoms with Crippen molar-refractivity contribution < 1.29 is 25.3 Å². The van der Waals surface area contributed by atoms with Gasteiger partial charge in [-0.1, -0.05) is 0 Å². The standard InChI is InChI=1S/2C2H4O2.4CH3.H2O.2Sn/c2*1-2(3)4;;;;;;;/h2*1H3,(H,3,4);4*1H3;1H2;;. The molecule has 0 spiro atoms. The van der Waals surface area contributed by atoms with E-state index in [0.717, 1.165) is 13.8 Å². The van der Waals surface area contributed by atoms with E-state index in [-0.39, 0.29) is 47.8 Å². The van der Waals surface area contributed by atoms with Crippen LogP contribution >= 0.6 is 0 Å². The minimum absolute atomic E-state index is 0. The van der Waals surface area contributed by atoms with Crippen molar-refractivity contribution >= 4 is 54.2 Å². The van der Waals surface area contributed by atoms with Crippen molar-refractivity contribution in [2.45, 2.75) is 33.6 Å². The molecule has 0 atom stereocenters. The van der Waals surface area contributed by atoms with E-state index in [1.165, 1.54) is 0 Å². The number of hydrogen-bond donors (Lipinski definition) is 2. The summed E-state index contributed by atoms with van der Waals surface area (Å²) in [5, 5.41) is 14.8. The van der Waals surface area contributed by atoms with Gasteiger partial charge in [-0.2, -0.15) is 0 Å². The van der Waals surface area contributed by atoms with E-state index in [9.17, 15) is 0 Å². The Balaban J connectivity index is -0.0000000293. The summed E-state index contributed by atoms with van der Waals surface area (Å²) in [5.41, 5.74) is 0. The van der Waals surface area contributed by atoms with E-state index in [0.29, 0.717) is 0 Å². The van der Waals surface area contributed by atoms with Crippen LogP contribution in [0.25, 0.3) is 0 Å². The molecule has 92 valence electrons. The van der Waals surface area contributed by atoms with Crippen LogP contribution in [0.3, 0.4) is 0 Å². The van der Waals surface area contributed by atoms with Gasteiger partial charge in [-0.15, -0.1) is 0 Å². The molecule has 0 aliphatic carbocycles. The monoisotopic (exact) mass is 438 g/mol. The van der Waals surface area contributed by atoms with Crippen LogP contribution < -0.4 is 0 Å². The molecular weight excluding hydrogens is 414 g/mol. The van der Waals surface area contributed by atoms with E-state index in [1.807, 2.05) is 0 Å². The average molecular weight is 436 g/mol. The molecule has 0 saturated heterocycles. The van der Waals surface area contributed by atoms with Gasteiger partial charge in [0.25, 0.3) is 11.9 Å². The summed E-state index contributed by atoms with van der Waals surface area (Å²) < 4.78 is 0. The molecule has 0 aliphatic heterocycles. The first-order valence-corrected chi connectivity index (χ1v) is 15.3. The first-order chi connectivity index (χ1) is 6.29. The Labute approximate surface area is 112 Å². The van der Waals surface area contributed by atoms with Crippen molar-refractivity contribution in [3.63, 3.8) is 0 Å². The second-order valence-corrected chi connectivity index (χ2v) is 7.75. The van der Waals surface area contributed by atoms with Crippen LogP contribution in [-0.2, 0) is 9.59 Å². The summed E-state index contributed by atoms with van der Waals surface area (Å²) in [5.74, 6) is -1.67. The molecule has 15 heavy (non-hydrogen) atoms. The third-order valence-corrected chi connectivity index (χ3v) is 0. The number of aliphatic carboxylic acids is 2. The molecule has 0 heterocycles. The molecule has 0 amide bonds. The Hall–Kier alpha value is 0.497. The Bertz CT molecular complexity index is 97.6. The van der Waals surface area contributed by atoms with Crippen LogP contribution in [0.15, 0.2) is 0 Å². The molecule has 0 fully saturated rings. The molecule has 0 bridgehead atoms. The van der Waals surface area contributed by atoms with Gasteiger partial charge < -0.3 is 15.7 Å². The van der Waals surface area contributed by atoms with Crippen molar-refractivity contribution in [2.75, 3.05) is 0 Å². The number of carboxylic acids is 2. The van der Waals surface area contributed by atoms with Gasteiger partial charge in [0.05, 0.1) is 0 Å². The normalized spacial score (nSPS) is 5.73. The van der Waals surface area contributed by atoms with Crippen molar-refractivity contribution in [1.29, 1.82) is 0 Å².